The van der Waals surface area contributed by atoms with Gasteiger partial charge in [0.15, 0.2) is 0 Å². The third-order valence-corrected chi connectivity index (χ3v) is 7.80. The molecule has 0 rings (SSSR count). The van der Waals surface area contributed by atoms with Crippen molar-refractivity contribution in [2.24, 2.45) is 0 Å². The van der Waals surface area contributed by atoms with Gasteiger partial charge in [0, 0.05) is 27.7 Å². The minimum Gasteiger partial charge on any atom is -0.520 e. The van der Waals surface area contributed by atoms with Gasteiger partial charge < -0.3 is 17.7 Å². The van der Waals surface area contributed by atoms with Crippen LogP contribution in [0.1, 0.15) is 27.7 Å². The Labute approximate surface area is 131 Å². The van der Waals surface area contributed by atoms with Crippen LogP contribution in [-0.4, -0.2) is 41.0 Å². The lowest BCUT2D eigenvalue weighted by molar-refractivity contribution is -0.148. The predicted octanol–water partition coefficient (Wildman–Crippen LogP) is 1.38. The van der Waals surface area contributed by atoms with Crippen LogP contribution in [-0.2, 0) is 36.9 Å². The molecule has 0 aromatic rings. The molecule has 0 aromatic heterocycles. The van der Waals surface area contributed by atoms with E-state index in [1.165, 1.54) is 6.92 Å². The lowest BCUT2D eigenvalue weighted by Crippen LogP contribution is -2.50. The van der Waals surface area contributed by atoms with E-state index in [4.69, 9.17) is 17.7 Å². The number of rotatable bonds is 7. The van der Waals surface area contributed by atoms with Crippen molar-refractivity contribution < 1.29 is 36.9 Å². The summed E-state index contributed by atoms with van der Waals surface area (Å²) < 4.78 is 20.4. The molecule has 0 saturated carbocycles. The van der Waals surface area contributed by atoms with Gasteiger partial charge in [-0.3, -0.25) is 19.2 Å². The minimum atomic E-state index is -3.85. The standard InChI is InChI=1S/C12H22O8Si2/c1-9(13)17-21(5,6)7-8-22(18-10(2)14,19-11(3)15)20-12(4)16/h7-8H2,1-6H3. The molecule has 0 N–H and O–H groups in total. The highest BCUT2D eigenvalue weighted by atomic mass is 28.4. The molecule has 8 nitrogen and oxygen atoms in total. The summed E-state index contributed by atoms with van der Waals surface area (Å²) >= 11 is 0. The van der Waals surface area contributed by atoms with Gasteiger partial charge in [-0.2, -0.15) is 0 Å². The van der Waals surface area contributed by atoms with E-state index in [1.54, 1.807) is 13.1 Å². The van der Waals surface area contributed by atoms with E-state index in [-0.39, 0.29) is 6.04 Å². The van der Waals surface area contributed by atoms with Gasteiger partial charge in [-0.1, -0.05) is 0 Å². The van der Waals surface area contributed by atoms with E-state index in [2.05, 4.69) is 0 Å². The second-order valence-electron chi connectivity index (χ2n) is 5.32. The highest BCUT2D eigenvalue weighted by Crippen LogP contribution is 2.25. The maximum absolute atomic E-state index is 11.3. The van der Waals surface area contributed by atoms with Crippen LogP contribution in [0.25, 0.3) is 0 Å². The Balaban J connectivity index is 5.26. The lowest BCUT2D eigenvalue weighted by Gasteiger charge is -2.29. The quantitative estimate of drug-likeness (QED) is 0.634. The van der Waals surface area contributed by atoms with Crippen molar-refractivity contribution in [2.75, 3.05) is 0 Å². The molecule has 0 aliphatic heterocycles. The fourth-order valence-corrected chi connectivity index (χ4v) is 8.03. The first kappa shape index (κ1) is 20.3. The number of carbonyl (C=O) groups is 4. The Bertz CT molecular complexity index is 419. The smallest absolute Gasteiger partial charge is 0.520 e. The molecule has 126 valence electrons. The van der Waals surface area contributed by atoms with Crippen molar-refractivity contribution in [3.63, 3.8) is 0 Å². The molecule has 0 heterocycles. The first-order valence-corrected chi connectivity index (χ1v) is 11.7. The summed E-state index contributed by atoms with van der Waals surface area (Å²) in [6.07, 6.45) is 0. The lowest BCUT2D eigenvalue weighted by atomic mass is 10.8. The zero-order valence-corrected chi connectivity index (χ0v) is 15.7. The van der Waals surface area contributed by atoms with Crippen LogP contribution in [0.4, 0.5) is 0 Å². The van der Waals surface area contributed by atoms with E-state index < -0.39 is 41.0 Å². The monoisotopic (exact) mass is 350 g/mol. The Morgan fingerprint density at radius 2 is 0.955 bits per heavy atom. The number of carbonyl (C=O) groups excluding carboxylic acids is 4. The van der Waals surface area contributed by atoms with Crippen molar-refractivity contribution in [3.8, 4) is 0 Å². The highest BCUT2D eigenvalue weighted by Gasteiger charge is 2.53. The molecule has 0 aromatic carbocycles. The van der Waals surface area contributed by atoms with Crippen LogP contribution in [0, 0.1) is 0 Å². The van der Waals surface area contributed by atoms with Gasteiger partial charge in [-0.25, -0.2) is 0 Å². The Morgan fingerprint density at radius 1 is 0.636 bits per heavy atom. The molecule has 0 unspecified atom stereocenters. The summed E-state index contributed by atoms with van der Waals surface area (Å²) in [4.78, 5) is 44.9. The van der Waals surface area contributed by atoms with Gasteiger partial charge in [0.05, 0.1) is 6.04 Å². The van der Waals surface area contributed by atoms with Crippen LogP contribution in [0.5, 0.6) is 0 Å². The third-order valence-electron chi connectivity index (χ3n) is 2.35. The van der Waals surface area contributed by atoms with Gasteiger partial charge >= 0.3 is 8.80 Å². The molecule has 22 heavy (non-hydrogen) atoms. The van der Waals surface area contributed by atoms with Crippen LogP contribution >= 0.6 is 0 Å². The molecule has 0 atom stereocenters. The van der Waals surface area contributed by atoms with Crippen molar-refractivity contribution in [1.29, 1.82) is 0 Å². The summed E-state index contributed by atoms with van der Waals surface area (Å²) in [5.41, 5.74) is 0. The van der Waals surface area contributed by atoms with Crippen molar-refractivity contribution in [2.45, 2.75) is 52.9 Å². The Morgan fingerprint density at radius 3 is 1.23 bits per heavy atom. The highest BCUT2D eigenvalue weighted by molar-refractivity contribution is 6.75. The van der Waals surface area contributed by atoms with Crippen LogP contribution in [0.2, 0.25) is 25.2 Å². The second kappa shape index (κ2) is 8.08. The fraction of sp³-hybridized carbons (Fsp3) is 0.667. The first-order chi connectivity index (χ1) is 9.87. The topological polar surface area (TPSA) is 105 Å². The van der Waals surface area contributed by atoms with Crippen molar-refractivity contribution >= 4 is 41.0 Å². The normalized spacial score (nSPS) is 11.4. The molecule has 10 heteroatoms. The first-order valence-electron chi connectivity index (χ1n) is 6.66. The minimum absolute atomic E-state index is 0.0121. The average molecular weight is 350 g/mol. The van der Waals surface area contributed by atoms with E-state index in [9.17, 15) is 19.2 Å². The molecule has 0 radical (unpaired) electrons. The summed E-state index contributed by atoms with van der Waals surface area (Å²) in [6.45, 7) is 8.24. The zero-order chi connectivity index (χ0) is 17.6. The van der Waals surface area contributed by atoms with E-state index in [0.717, 1.165) is 20.8 Å². The summed E-state index contributed by atoms with van der Waals surface area (Å²) in [7, 11) is -6.27. The van der Waals surface area contributed by atoms with Gasteiger partial charge in [-0.05, 0) is 19.1 Å². The SMILES string of the molecule is CC(=O)O[Si](C)(C)CC[Si](OC(C)=O)(OC(C)=O)OC(C)=O. The molecule has 0 saturated heterocycles. The number of hydrogen-bond acceptors (Lipinski definition) is 8. The largest absolute Gasteiger partial charge is 0.704 e. The predicted molar refractivity (Wildman–Crippen MR) is 79.9 cm³/mol. The number of hydrogen-bond donors (Lipinski definition) is 0. The average Bonchev–Trinajstić information content (AvgIpc) is 2.21. The summed E-state index contributed by atoms with van der Waals surface area (Å²) in [5, 5.41) is 0. The second-order valence-corrected chi connectivity index (χ2v) is 12.0. The molecule has 0 aliphatic rings. The molecule has 0 spiro atoms. The molecule has 0 amide bonds. The fourth-order valence-electron chi connectivity index (χ4n) is 1.77. The third kappa shape index (κ3) is 8.57. The van der Waals surface area contributed by atoms with Gasteiger partial charge in [-0.15, -0.1) is 0 Å². The van der Waals surface area contributed by atoms with Gasteiger partial charge in [0.25, 0.3) is 23.9 Å². The maximum Gasteiger partial charge on any atom is 0.704 e. The van der Waals surface area contributed by atoms with Gasteiger partial charge in [0.2, 0.25) is 8.32 Å². The summed E-state index contributed by atoms with van der Waals surface area (Å²) in [6, 6.07) is 0.324. The Kier molecular flexibility index (Phi) is 7.46. The molecule has 0 bridgehead atoms. The van der Waals surface area contributed by atoms with E-state index in [1.807, 2.05) is 0 Å². The molecule has 0 fully saturated rings. The molecule has 0 aliphatic carbocycles. The zero-order valence-electron chi connectivity index (χ0n) is 13.7. The van der Waals surface area contributed by atoms with Crippen molar-refractivity contribution in [3.05, 3.63) is 0 Å². The van der Waals surface area contributed by atoms with Crippen LogP contribution in [0.15, 0.2) is 0 Å². The summed E-state index contributed by atoms with van der Waals surface area (Å²) in [5.74, 6) is -2.58. The van der Waals surface area contributed by atoms with E-state index in [0.29, 0.717) is 6.04 Å². The Hall–Kier alpha value is -1.69. The molecular formula is C12H22O8Si2. The van der Waals surface area contributed by atoms with Crippen molar-refractivity contribution in [1.82, 2.24) is 0 Å². The van der Waals surface area contributed by atoms with Crippen LogP contribution < -0.4 is 0 Å². The maximum atomic E-state index is 11.3. The molecular weight excluding hydrogens is 328 g/mol. The van der Waals surface area contributed by atoms with Gasteiger partial charge in [0.1, 0.15) is 0 Å². The van der Waals surface area contributed by atoms with Crippen LogP contribution in [0.3, 0.4) is 0 Å². The van der Waals surface area contributed by atoms with E-state index >= 15 is 0 Å².